The first-order valence-corrected chi connectivity index (χ1v) is 7.76. The number of hydrogen-bond acceptors (Lipinski definition) is 6. The second-order valence-corrected chi connectivity index (χ2v) is 5.64. The maximum Gasteiger partial charge on any atom is 0.373 e. The molecule has 0 aliphatic heterocycles. The standard InChI is InChI=1S/C19H20O6/c1-12(2)24-14-6-4-5-13(9-14)10-15-7-8-18(25-15)16(20)11-17(21)19(22)23-3/h4-9,11-12,21H,10H2,1-3H3. The largest absolute Gasteiger partial charge is 0.502 e. The highest BCUT2D eigenvalue weighted by atomic mass is 16.5. The Morgan fingerprint density at radius 2 is 2.00 bits per heavy atom. The first kappa shape index (κ1) is 18.3. The lowest BCUT2D eigenvalue weighted by Gasteiger charge is -2.10. The van der Waals surface area contributed by atoms with E-state index in [9.17, 15) is 14.7 Å². The minimum Gasteiger partial charge on any atom is -0.502 e. The molecule has 6 heteroatoms. The number of allylic oxidation sites excluding steroid dienone is 1. The third kappa shape index (κ3) is 5.24. The van der Waals surface area contributed by atoms with Gasteiger partial charge in [0.15, 0.2) is 5.76 Å². The molecule has 0 radical (unpaired) electrons. The van der Waals surface area contributed by atoms with Gasteiger partial charge in [-0.15, -0.1) is 0 Å². The fourth-order valence-electron chi connectivity index (χ4n) is 2.17. The highest BCUT2D eigenvalue weighted by Gasteiger charge is 2.14. The molecule has 1 aromatic heterocycles. The molecule has 0 amide bonds. The van der Waals surface area contributed by atoms with Gasteiger partial charge in [-0.05, 0) is 43.7 Å². The van der Waals surface area contributed by atoms with Crippen LogP contribution < -0.4 is 4.74 Å². The highest BCUT2D eigenvalue weighted by Crippen LogP contribution is 2.19. The van der Waals surface area contributed by atoms with Crippen molar-refractivity contribution in [1.82, 2.24) is 0 Å². The topological polar surface area (TPSA) is 86.0 Å². The Morgan fingerprint density at radius 1 is 1.24 bits per heavy atom. The average Bonchev–Trinajstić information content (AvgIpc) is 3.02. The van der Waals surface area contributed by atoms with E-state index in [2.05, 4.69) is 4.74 Å². The number of ketones is 1. The van der Waals surface area contributed by atoms with Crippen molar-refractivity contribution in [2.75, 3.05) is 7.11 Å². The van der Waals surface area contributed by atoms with Crippen molar-refractivity contribution < 1.29 is 28.6 Å². The number of methoxy groups -OCH3 is 1. The predicted molar refractivity (Wildman–Crippen MR) is 90.8 cm³/mol. The van der Waals surface area contributed by atoms with Crippen LogP contribution in [0, 0.1) is 0 Å². The van der Waals surface area contributed by atoms with E-state index in [-0.39, 0.29) is 11.9 Å². The third-order valence-electron chi connectivity index (χ3n) is 3.22. The molecule has 0 saturated carbocycles. The smallest absolute Gasteiger partial charge is 0.373 e. The summed E-state index contributed by atoms with van der Waals surface area (Å²) in [6.45, 7) is 3.91. The first-order chi connectivity index (χ1) is 11.9. The summed E-state index contributed by atoms with van der Waals surface area (Å²) in [6, 6.07) is 10.8. The minimum absolute atomic E-state index is 0.0278. The van der Waals surface area contributed by atoms with Crippen LogP contribution in [0.3, 0.4) is 0 Å². The van der Waals surface area contributed by atoms with Crippen LogP contribution >= 0.6 is 0 Å². The number of aliphatic hydroxyl groups excluding tert-OH is 1. The van der Waals surface area contributed by atoms with E-state index in [4.69, 9.17) is 9.15 Å². The van der Waals surface area contributed by atoms with Crippen molar-refractivity contribution in [2.24, 2.45) is 0 Å². The molecule has 25 heavy (non-hydrogen) atoms. The van der Waals surface area contributed by atoms with Gasteiger partial charge in [-0.25, -0.2) is 4.79 Å². The molecule has 2 aromatic rings. The lowest BCUT2D eigenvalue weighted by atomic mass is 10.1. The number of esters is 1. The first-order valence-electron chi connectivity index (χ1n) is 7.76. The van der Waals surface area contributed by atoms with E-state index in [1.807, 2.05) is 38.1 Å². The van der Waals surface area contributed by atoms with Crippen molar-refractivity contribution >= 4 is 11.8 Å². The Kier molecular flexibility index (Phi) is 6.00. The highest BCUT2D eigenvalue weighted by molar-refractivity contribution is 6.06. The van der Waals surface area contributed by atoms with E-state index < -0.39 is 17.5 Å². The van der Waals surface area contributed by atoms with E-state index in [1.54, 1.807) is 6.07 Å². The van der Waals surface area contributed by atoms with Crippen molar-refractivity contribution in [3.63, 3.8) is 0 Å². The molecule has 0 spiro atoms. The molecular formula is C19H20O6. The van der Waals surface area contributed by atoms with Gasteiger partial charge in [-0.3, -0.25) is 4.79 Å². The van der Waals surface area contributed by atoms with Gasteiger partial charge in [0.25, 0.3) is 0 Å². The van der Waals surface area contributed by atoms with Crippen molar-refractivity contribution in [2.45, 2.75) is 26.4 Å². The Morgan fingerprint density at radius 3 is 2.68 bits per heavy atom. The van der Waals surface area contributed by atoms with Crippen LogP contribution in [-0.2, 0) is 16.0 Å². The molecule has 132 valence electrons. The summed E-state index contributed by atoms with van der Waals surface area (Å²) in [5, 5.41) is 9.40. The van der Waals surface area contributed by atoms with Gasteiger partial charge < -0.3 is 19.0 Å². The average molecular weight is 344 g/mol. The predicted octanol–water partition coefficient (Wildman–Crippen LogP) is 3.46. The van der Waals surface area contributed by atoms with Crippen molar-refractivity contribution in [3.8, 4) is 5.75 Å². The van der Waals surface area contributed by atoms with Crippen molar-refractivity contribution in [1.29, 1.82) is 0 Å². The molecule has 1 N–H and O–H groups in total. The zero-order chi connectivity index (χ0) is 18.4. The zero-order valence-corrected chi connectivity index (χ0v) is 14.3. The van der Waals surface area contributed by atoms with E-state index in [1.165, 1.54) is 6.07 Å². The molecule has 1 heterocycles. The van der Waals surface area contributed by atoms with Crippen LogP contribution in [0.5, 0.6) is 5.75 Å². The van der Waals surface area contributed by atoms with Gasteiger partial charge in [0, 0.05) is 12.5 Å². The molecule has 0 atom stereocenters. The number of carbonyl (C=O) groups excluding carboxylic acids is 2. The SMILES string of the molecule is COC(=O)C(O)=CC(=O)c1ccc(Cc2cccc(OC(C)C)c2)o1. The normalized spacial score (nSPS) is 11.4. The summed E-state index contributed by atoms with van der Waals surface area (Å²) in [6.07, 6.45) is 1.33. The molecule has 0 aliphatic rings. The molecule has 6 nitrogen and oxygen atoms in total. The van der Waals surface area contributed by atoms with Crippen LogP contribution in [0.15, 0.2) is 52.7 Å². The number of hydrogen-bond donors (Lipinski definition) is 1. The van der Waals surface area contributed by atoms with Crippen molar-refractivity contribution in [3.05, 3.63) is 65.3 Å². The maximum atomic E-state index is 12.0. The summed E-state index contributed by atoms with van der Waals surface area (Å²) in [5.41, 5.74) is 0.972. The van der Waals surface area contributed by atoms with Gasteiger partial charge in [0.2, 0.25) is 11.5 Å². The molecule has 0 aliphatic carbocycles. The zero-order valence-electron chi connectivity index (χ0n) is 14.3. The van der Waals surface area contributed by atoms with Crippen LogP contribution in [0.25, 0.3) is 0 Å². The third-order valence-corrected chi connectivity index (χ3v) is 3.22. The Bertz CT molecular complexity index is 785. The van der Waals surface area contributed by atoms with Crippen LogP contribution in [0.4, 0.5) is 0 Å². The Hall–Kier alpha value is -3.02. The lowest BCUT2D eigenvalue weighted by molar-refractivity contribution is -0.139. The van der Waals surface area contributed by atoms with Gasteiger partial charge in [-0.1, -0.05) is 12.1 Å². The lowest BCUT2D eigenvalue weighted by Crippen LogP contribution is -2.06. The number of rotatable bonds is 7. The number of benzene rings is 1. The fraction of sp³-hybridized carbons (Fsp3) is 0.263. The molecule has 0 bridgehead atoms. The summed E-state index contributed by atoms with van der Waals surface area (Å²) in [5.74, 6) is -1.01. The molecule has 0 fully saturated rings. The van der Waals surface area contributed by atoms with E-state index in [0.717, 1.165) is 24.5 Å². The van der Waals surface area contributed by atoms with Crippen LogP contribution in [-0.4, -0.2) is 30.1 Å². The Balaban J connectivity index is 2.09. The molecule has 0 unspecified atom stereocenters. The van der Waals surface area contributed by atoms with Gasteiger partial charge in [0.05, 0.1) is 13.2 Å². The molecule has 2 rings (SSSR count). The van der Waals surface area contributed by atoms with E-state index in [0.29, 0.717) is 12.2 Å². The van der Waals surface area contributed by atoms with Gasteiger partial charge in [0.1, 0.15) is 11.5 Å². The number of carbonyl (C=O) groups is 2. The summed E-state index contributed by atoms with van der Waals surface area (Å²) >= 11 is 0. The summed E-state index contributed by atoms with van der Waals surface area (Å²) < 4.78 is 15.5. The second kappa shape index (κ2) is 8.19. The maximum absolute atomic E-state index is 12.0. The van der Waals surface area contributed by atoms with Gasteiger partial charge in [-0.2, -0.15) is 0 Å². The Labute approximate surface area is 145 Å². The molecule has 0 saturated heterocycles. The quantitative estimate of drug-likeness (QED) is 0.358. The monoisotopic (exact) mass is 344 g/mol. The minimum atomic E-state index is -0.984. The fourth-order valence-corrected chi connectivity index (χ4v) is 2.17. The second-order valence-electron chi connectivity index (χ2n) is 5.64. The molecule has 1 aromatic carbocycles. The number of aliphatic hydroxyl groups is 1. The van der Waals surface area contributed by atoms with E-state index >= 15 is 0 Å². The summed E-state index contributed by atoms with van der Waals surface area (Å²) in [4.78, 5) is 23.1. The number of furan rings is 1. The number of ether oxygens (including phenoxy) is 2. The van der Waals surface area contributed by atoms with Gasteiger partial charge >= 0.3 is 5.97 Å². The molecular weight excluding hydrogens is 324 g/mol. The summed E-state index contributed by atoms with van der Waals surface area (Å²) in [7, 11) is 1.11. The van der Waals surface area contributed by atoms with Crippen LogP contribution in [0.1, 0.15) is 35.7 Å². The van der Waals surface area contributed by atoms with Crippen LogP contribution in [0.2, 0.25) is 0 Å².